The summed E-state index contributed by atoms with van der Waals surface area (Å²) in [6, 6.07) is 6.48. The van der Waals surface area contributed by atoms with Gasteiger partial charge in [-0.25, -0.2) is 4.39 Å². The van der Waals surface area contributed by atoms with E-state index in [0.29, 0.717) is 12.5 Å². The third kappa shape index (κ3) is 4.79. The number of carbonyl (C=O) groups excluding carboxylic acids is 1. The lowest BCUT2D eigenvalue weighted by Gasteiger charge is -2.26. The summed E-state index contributed by atoms with van der Waals surface area (Å²) in [4.78, 5) is 14.7. The third-order valence-corrected chi connectivity index (χ3v) is 5.78. The highest BCUT2D eigenvalue weighted by atomic mass is 19.1. The Morgan fingerprint density at radius 3 is 2.52 bits per heavy atom. The summed E-state index contributed by atoms with van der Waals surface area (Å²) in [6.45, 7) is 3.82. The van der Waals surface area contributed by atoms with Gasteiger partial charge in [0.1, 0.15) is 5.82 Å². The van der Waals surface area contributed by atoms with E-state index < -0.39 is 0 Å². The van der Waals surface area contributed by atoms with Gasteiger partial charge in [0.25, 0.3) is 0 Å². The van der Waals surface area contributed by atoms with Gasteiger partial charge < -0.3 is 10.4 Å². The molecular weight excluding hydrogens is 319 g/mol. The molecule has 3 unspecified atom stereocenters. The second kappa shape index (κ2) is 8.28. The molecule has 1 aromatic carbocycles. The van der Waals surface area contributed by atoms with E-state index in [0.717, 1.165) is 37.9 Å². The van der Waals surface area contributed by atoms with Crippen LogP contribution in [0.15, 0.2) is 24.3 Å². The van der Waals surface area contributed by atoms with Crippen molar-refractivity contribution in [1.82, 2.24) is 10.2 Å². The van der Waals surface area contributed by atoms with E-state index in [-0.39, 0.29) is 29.8 Å². The second-order valence-electron chi connectivity index (χ2n) is 7.67. The minimum absolute atomic E-state index is 0.0208. The zero-order chi connectivity index (χ0) is 17.8. The zero-order valence-electron chi connectivity index (χ0n) is 15.0. The standard InChI is InChI=1S/C20H29FN2O2/c1-14(24)17-10-11-23(12-17)13-19(25)22-20(15-4-2-3-5-15)16-6-8-18(21)9-7-16/h6-9,14-15,17,20,24H,2-5,10-13H2,1H3,(H,22,25). The molecule has 4 nitrogen and oxygen atoms in total. The van der Waals surface area contributed by atoms with Crippen LogP contribution < -0.4 is 5.32 Å². The second-order valence-corrected chi connectivity index (χ2v) is 7.67. The van der Waals surface area contributed by atoms with Crippen molar-refractivity contribution in [2.45, 2.75) is 51.2 Å². The number of halogens is 1. The first-order valence-electron chi connectivity index (χ1n) is 9.48. The zero-order valence-corrected chi connectivity index (χ0v) is 15.0. The van der Waals surface area contributed by atoms with Crippen molar-refractivity contribution in [3.63, 3.8) is 0 Å². The molecule has 1 aliphatic carbocycles. The van der Waals surface area contributed by atoms with Gasteiger partial charge in [-0.3, -0.25) is 9.69 Å². The minimum Gasteiger partial charge on any atom is -0.393 e. The van der Waals surface area contributed by atoms with Crippen molar-refractivity contribution in [3.05, 3.63) is 35.6 Å². The molecule has 1 aliphatic heterocycles. The monoisotopic (exact) mass is 348 g/mol. The lowest BCUT2D eigenvalue weighted by atomic mass is 9.91. The number of benzene rings is 1. The van der Waals surface area contributed by atoms with Crippen LogP contribution in [0.2, 0.25) is 0 Å². The number of aliphatic hydroxyl groups is 1. The van der Waals surface area contributed by atoms with Gasteiger partial charge in [0.15, 0.2) is 0 Å². The summed E-state index contributed by atoms with van der Waals surface area (Å²) >= 11 is 0. The number of nitrogens with zero attached hydrogens (tertiary/aromatic N) is 1. The summed E-state index contributed by atoms with van der Waals surface area (Å²) in [5, 5.41) is 12.9. The first-order chi connectivity index (χ1) is 12.0. The number of aliphatic hydroxyl groups excluding tert-OH is 1. The van der Waals surface area contributed by atoms with Gasteiger partial charge >= 0.3 is 0 Å². The van der Waals surface area contributed by atoms with Gasteiger partial charge in [-0.1, -0.05) is 25.0 Å². The molecule has 1 saturated carbocycles. The van der Waals surface area contributed by atoms with Crippen LogP contribution in [0, 0.1) is 17.7 Å². The molecule has 3 atom stereocenters. The van der Waals surface area contributed by atoms with E-state index >= 15 is 0 Å². The van der Waals surface area contributed by atoms with E-state index in [9.17, 15) is 14.3 Å². The highest BCUT2D eigenvalue weighted by Gasteiger charge is 2.30. The average molecular weight is 348 g/mol. The molecule has 5 heteroatoms. The van der Waals surface area contributed by atoms with Crippen molar-refractivity contribution in [1.29, 1.82) is 0 Å². The molecule has 1 aromatic rings. The van der Waals surface area contributed by atoms with Gasteiger partial charge in [-0.2, -0.15) is 0 Å². The van der Waals surface area contributed by atoms with Crippen molar-refractivity contribution >= 4 is 5.91 Å². The summed E-state index contributed by atoms with van der Waals surface area (Å²) in [5.74, 6) is 0.461. The van der Waals surface area contributed by atoms with Crippen LogP contribution in [-0.4, -0.2) is 41.7 Å². The third-order valence-electron chi connectivity index (χ3n) is 5.78. The number of hydrogen-bond donors (Lipinski definition) is 2. The molecule has 0 bridgehead atoms. The first-order valence-corrected chi connectivity index (χ1v) is 9.48. The fourth-order valence-corrected chi connectivity index (χ4v) is 4.26. The highest BCUT2D eigenvalue weighted by Crippen LogP contribution is 2.35. The summed E-state index contributed by atoms with van der Waals surface area (Å²) in [7, 11) is 0. The lowest BCUT2D eigenvalue weighted by Crippen LogP contribution is -2.40. The average Bonchev–Trinajstić information content (AvgIpc) is 3.25. The van der Waals surface area contributed by atoms with Crippen molar-refractivity contribution in [2.75, 3.05) is 19.6 Å². The first kappa shape index (κ1) is 18.3. The predicted molar refractivity (Wildman–Crippen MR) is 95.5 cm³/mol. The minimum atomic E-state index is -0.321. The predicted octanol–water partition coefficient (Wildman–Crippen LogP) is 2.88. The molecule has 3 rings (SSSR count). The number of likely N-dealkylation sites (tertiary alicyclic amines) is 1. The maximum Gasteiger partial charge on any atom is 0.234 e. The van der Waals surface area contributed by atoms with Crippen LogP contribution >= 0.6 is 0 Å². The summed E-state index contributed by atoms with van der Waals surface area (Å²) in [5.41, 5.74) is 0.991. The number of carbonyl (C=O) groups is 1. The SMILES string of the molecule is CC(O)C1CCN(CC(=O)NC(c2ccc(F)cc2)C2CCCC2)C1. The van der Waals surface area contributed by atoms with E-state index in [4.69, 9.17) is 0 Å². The molecule has 0 spiro atoms. The molecule has 138 valence electrons. The number of rotatable bonds is 6. The Hall–Kier alpha value is -1.46. The number of amides is 1. The van der Waals surface area contributed by atoms with Crippen molar-refractivity contribution in [2.24, 2.45) is 11.8 Å². The van der Waals surface area contributed by atoms with E-state index in [1.165, 1.54) is 25.0 Å². The van der Waals surface area contributed by atoms with Gasteiger partial charge in [0.05, 0.1) is 18.7 Å². The summed E-state index contributed by atoms with van der Waals surface area (Å²) < 4.78 is 13.2. The molecule has 1 heterocycles. The van der Waals surface area contributed by atoms with Crippen LogP contribution in [-0.2, 0) is 4.79 Å². The Morgan fingerprint density at radius 2 is 1.92 bits per heavy atom. The van der Waals surface area contributed by atoms with E-state index in [1.54, 1.807) is 12.1 Å². The Morgan fingerprint density at radius 1 is 1.24 bits per heavy atom. The Balaban J connectivity index is 1.61. The van der Waals surface area contributed by atoms with E-state index in [1.807, 2.05) is 6.92 Å². The fourth-order valence-electron chi connectivity index (χ4n) is 4.26. The Kier molecular flexibility index (Phi) is 6.07. The summed E-state index contributed by atoms with van der Waals surface area (Å²) in [6.07, 6.45) is 5.22. The fraction of sp³-hybridized carbons (Fsp3) is 0.650. The molecule has 0 radical (unpaired) electrons. The van der Waals surface area contributed by atoms with Crippen molar-refractivity contribution in [3.8, 4) is 0 Å². The van der Waals surface area contributed by atoms with Crippen LogP contribution in [0.25, 0.3) is 0 Å². The topological polar surface area (TPSA) is 52.6 Å². The van der Waals surface area contributed by atoms with Crippen LogP contribution in [0.3, 0.4) is 0 Å². The van der Waals surface area contributed by atoms with Crippen LogP contribution in [0.4, 0.5) is 4.39 Å². The van der Waals surface area contributed by atoms with Crippen LogP contribution in [0.1, 0.15) is 50.6 Å². The normalized spacial score (nSPS) is 24.4. The Bertz CT molecular complexity index is 570. The van der Waals surface area contributed by atoms with Gasteiger partial charge in [-0.05, 0) is 62.3 Å². The molecule has 2 N–H and O–H groups in total. The molecule has 0 aromatic heterocycles. The molecule has 1 saturated heterocycles. The maximum atomic E-state index is 13.2. The Labute approximate surface area is 149 Å². The quantitative estimate of drug-likeness (QED) is 0.831. The van der Waals surface area contributed by atoms with Crippen LogP contribution in [0.5, 0.6) is 0 Å². The highest BCUT2D eigenvalue weighted by molar-refractivity contribution is 5.78. The molecule has 1 amide bonds. The molecule has 2 aliphatic rings. The van der Waals surface area contributed by atoms with E-state index in [2.05, 4.69) is 10.2 Å². The largest absolute Gasteiger partial charge is 0.393 e. The van der Waals surface area contributed by atoms with Gasteiger partial charge in [0, 0.05) is 6.54 Å². The van der Waals surface area contributed by atoms with Crippen molar-refractivity contribution < 1.29 is 14.3 Å². The maximum absolute atomic E-state index is 13.2. The molecule has 25 heavy (non-hydrogen) atoms. The molecular formula is C20H29FN2O2. The lowest BCUT2D eigenvalue weighted by molar-refractivity contribution is -0.123. The van der Waals surface area contributed by atoms with Gasteiger partial charge in [-0.15, -0.1) is 0 Å². The van der Waals surface area contributed by atoms with Gasteiger partial charge in [0.2, 0.25) is 5.91 Å². The smallest absolute Gasteiger partial charge is 0.234 e. The number of nitrogens with one attached hydrogen (secondary N) is 1. The molecule has 2 fully saturated rings. The number of hydrogen-bond acceptors (Lipinski definition) is 3.